The summed E-state index contributed by atoms with van der Waals surface area (Å²) < 4.78 is 13.7. The summed E-state index contributed by atoms with van der Waals surface area (Å²) in [4.78, 5) is 12.0. The maximum absolute atomic E-state index is 13.7. The molecule has 0 saturated heterocycles. The number of hydrogen-bond acceptors (Lipinski definition) is 3. The molecule has 5 heteroatoms. The van der Waals surface area contributed by atoms with Crippen molar-refractivity contribution in [1.82, 2.24) is 5.32 Å². The number of benzene rings is 1. The van der Waals surface area contributed by atoms with Gasteiger partial charge < -0.3 is 11.1 Å². The maximum Gasteiger partial charge on any atom is 0.224 e. The van der Waals surface area contributed by atoms with E-state index in [2.05, 4.69) is 5.32 Å². The van der Waals surface area contributed by atoms with Crippen molar-refractivity contribution in [2.75, 3.05) is 12.3 Å². The first kappa shape index (κ1) is 14.3. The van der Waals surface area contributed by atoms with Crippen LogP contribution in [0.5, 0.6) is 0 Å². The first-order valence-electron chi connectivity index (χ1n) is 6.36. The Morgan fingerprint density at radius 2 is 2.32 bits per heavy atom. The van der Waals surface area contributed by atoms with Crippen LogP contribution in [-0.4, -0.2) is 18.2 Å². The van der Waals surface area contributed by atoms with E-state index in [0.717, 1.165) is 22.6 Å². The molecule has 1 heterocycles. The number of thioether (sulfide) groups is 1. The fraction of sp³-hybridized carbons (Fsp3) is 0.500. The Hall–Kier alpha value is -1.07. The van der Waals surface area contributed by atoms with Gasteiger partial charge in [0, 0.05) is 17.5 Å². The molecule has 2 rings (SSSR count). The Kier molecular flexibility index (Phi) is 4.16. The lowest BCUT2D eigenvalue weighted by atomic mass is 9.91. The highest BCUT2D eigenvalue weighted by Crippen LogP contribution is 2.37. The van der Waals surface area contributed by atoms with Gasteiger partial charge in [-0.05, 0) is 37.7 Å². The quantitative estimate of drug-likeness (QED) is 0.892. The van der Waals surface area contributed by atoms with E-state index in [1.165, 1.54) is 6.07 Å². The van der Waals surface area contributed by atoms with Gasteiger partial charge in [-0.1, -0.05) is 12.1 Å². The van der Waals surface area contributed by atoms with E-state index < -0.39 is 5.41 Å². The van der Waals surface area contributed by atoms with Gasteiger partial charge in [0.25, 0.3) is 0 Å². The average molecular weight is 282 g/mol. The van der Waals surface area contributed by atoms with E-state index in [4.69, 9.17) is 5.73 Å². The van der Waals surface area contributed by atoms with Gasteiger partial charge in [-0.2, -0.15) is 0 Å². The van der Waals surface area contributed by atoms with Crippen LogP contribution in [0.2, 0.25) is 0 Å². The molecular weight excluding hydrogens is 263 g/mol. The summed E-state index contributed by atoms with van der Waals surface area (Å²) in [6.45, 7) is 4.12. The Balaban J connectivity index is 2.12. The van der Waals surface area contributed by atoms with Crippen molar-refractivity contribution >= 4 is 17.7 Å². The highest BCUT2D eigenvalue weighted by atomic mass is 32.2. The van der Waals surface area contributed by atoms with Gasteiger partial charge in [-0.3, -0.25) is 4.79 Å². The molecule has 1 amide bonds. The largest absolute Gasteiger partial charge is 0.369 e. The zero-order valence-electron chi connectivity index (χ0n) is 11.2. The molecule has 0 fully saturated rings. The molecule has 0 spiro atoms. The fourth-order valence-electron chi connectivity index (χ4n) is 2.06. The van der Waals surface area contributed by atoms with Crippen molar-refractivity contribution in [3.05, 3.63) is 29.6 Å². The second-order valence-corrected chi connectivity index (χ2v) is 6.58. The number of rotatable bonds is 4. The summed E-state index contributed by atoms with van der Waals surface area (Å²) >= 11 is 1.55. The number of carbonyl (C=O) groups is 1. The Bertz CT molecular complexity index is 490. The second kappa shape index (κ2) is 5.51. The van der Waals surface area contributed by atoms with Crippen LogP contribution < -0.4 is 11.1 Å². The number of primary amides is 1. The molecule has 3 nitrogen and oxygen atoms in total. The molecule has 1 aromatic rings. The lowest BCUT2D eigenvalue weighted by molar-refractivity contribution is -0.125. The van der Waals surface area contributed by atoms with E-state index in [1.54, 1.807) is 17.8 Å². The van der Waals surface area contributed by atoms with Gasteiger partial charge in [-0.25, -0.2) is 4.39 Å². The molecular formula is C14H19FN2OS. The highest BCUT2D eigenvalue weighted by molar-refractivity contribution is 7.99. The monoisotopic (exact) mass is 282 g/mol. The minimum absolute atomic E-state index is 0.0885. The Morgan fingerprint density at radius 1 is 1.58 bits per heavy atom. The third kappa shape index (κ3) is 3.09. The standard InChI is InChI=1S/C14H19FN2OS/c1-14(2,13(16)18)8-17-11-6-7-19-12-9(11)4-3-5-10(12)15/h3-5,11,17H,6-8H2,1-2H3,(H2,16,18). The Labute approximate surface area is 117 Å². The van der Waals surface area contributed by atoms with Crippen LogP contribution in [0.25, 0.3) is 0 Å². The highest BCUT2D eigenvalue weighted by Gasteiger charge is 2.28. The van der Waals surface area contributed by atoms with Gasteiger partial charge in [-0.15, -0.1) is 11.8 Å². The third-order valence-electron chi connectivity index (χ3n) is 3.48. The van der Waals surface area contributed by atoms with Gasteiger partial charge >= 0.3 is 0 Å². The van der Waals surface area contributed by atoms with Gasteiger partial charge in [0.2, 0.25) is 5.91 Å². The first-order chi connectivity index (χ1) is 8.92. The minimum atomic E-state index is -0.599. The molecule has 19 heavy (non-hydrogen) atoms. The van der Waals surface area contributed by atoms with E-state index >= 15 is 0 Å². The van der Waals surface area contributed by atoms with E-state index in [1.807, 2.05) is 19.9 Å². The van der Waals surface area contributed by atoms with Crippen LogP contribution in [0, 0.1) is 11.2 Å². The number of amides is 1. The van der Waals surface area contributed by atoms with Gasteiger partial charge in [0.1, 0.15) is 5.82 Å². The average Bonchev–Trinajstić information content (AvgIpc) is 2.37. The third-order valence-corrected chi connectivity index (χ3v) is 4.64. The molecule has 1 atom stereocenters. The topological polar surface area (TPSA) is 55.1 Å². The van der Waals surface area contributed by atoms with Crippen LogP contribution in [0.3, 0.4) is 0 Å². The zero-order chi connectivity index (χ0) is 14.0. The van der Waals surface area contributed by atoms with Crippen molar-refractivity contribution in [1.29, 1.82) is 0 Å². The molecule has 3 N–H and O–H groups in total. The molecule has 1 aliphatic rings. The summed E-state index contributed by atoms with van der Waals surface area (Å²) in [5.41, 5.74) is 5.75. The van der Waals surface area contributed by atoms with Crippen molar-refractivity contribution in [2.24, 2.45) is 11.1 Å². The van der Waals surface area contributed by atoms with Crippen LogP contribution in [0.1, 0.15) is 31.9 Å². The summed E-state index contributed by atoms with van der Waals surface area (Å²) in [6.07, 6.45) is 0.927. The number of fused-ring (bicyclic) bond motifs is 1. The van der Waals surface area contributed by atoms with Gasteiger partial charge in [0.15, 0.2) is 0 Å². The number of nitrogens with one attached hydrogen (secondary N) is 1. The number of hydrogen-bond donors (Lipinski definition) is 2. The molecule has 0 aliphatic carbocycles. The molecule has 1 aliphatic heterocycles. The summed E-state index contributed by atoms with van der Waals surface area (Å²) in [7, 11) is 0. The van der Waals surface area contributed by atoms with Crippen LogP contribution in [0.4, 0.5) is 4.39 Å². The van der Waals surface area contributed by atoms with E-state index in [0.29, 0.717) is 6.54 Å². The molecule has 0 radical (unpaired) electrons. The van der Waals surface area contributed by atoms with E-state index in [-0.39, 0.29) is 17.8 Å². The number of halogens is 1. The number of nitrogens with two attached hydrogens (primary N) is 1. The van der Waals surface area contributed by atoms with Crippen molar-refractivity contribution < 1.29 is 9.18 Å². The first-order valence-corrected chi connectivity index (χ1v) is 7.35. The smallest absolute Gasteiger partial charge is 0.224 e. The van der Waals surface area contributed by atoms with E-state index in [9.17, 15) is 9.18 Å². The SMILES string of the molecule is CC(C)(CNC1CCSc2c(F)cccc21)C(N)=O. The Morgan fingerprint density at radius 3 is 3.00 bits per heavy atom. The molecule has 1 aromatic carbocycles. The lowest BCUT2D eigenvalue weighted by Gasteiger charge is -2.29. The molecule has 0 aromatic heterocycles. The predicted octanol–water partition coefficient (Wildman–Crippen LogP) is 2.46. The van der Waals surface area contributed by atoms with Crippen molar-refractivity contribution in [2.45, 2.75) is 31.2 Å². The van der Waals surface area contributed by atoms with Crippen LogP contribution in [-0.2, 0) is 4.79 Å². The van der Waals surface area contributed by atoms with Crippen LogP contribution in [0.15, 0.2) is 23.1 Å². The van der Waals surface area contributed by atoms with Crippen molar-refractivity contribution in [3.63, 3.8) is 0 Å². The van der Waals surface area contributed by atoms with Crippen molar-refractivity contribution in [3.8, 4) is 0 Å². The maximum atomic E-state index is 13.7. The lowest BCUT2D eigenvalue weighted by Crippen LogP contribution is -2.42. The number of carbonyl (C=O) groups excluding carboxylic acids is 1. The van der Waals surface area contributed by atoms with Gasteiger partial charge in [0.05, 0.1) is 5.41 Å². The normalized spacial score (nSPS) is 19.0. The predicted molar refractivity (Wildman–Crippen MR) is 75.5 cm³/mol. The molecule has 104 valence electrons. The zero-order valence-corrected chi connectivity index (χ0v) is 12.0. The summed E-state index contributed by atoms with van der Waals surface area (Å²) in [5.74, 6) is 0.385. The minimum Gasteiger partial charge on any atom is -0.369 e. The summed E-state index contributed by atoms with van der Waals surface area (Å²) in [5, 5.41) is 3.35. The molecule has 0 bridgehead atoms. The van der Waals surface area contributed by atoms with Crippen LogP contribution >= 0.6 is 11.8 Å². The fourth-order valence-corrected chi connectivity index (χ4v) is 3.20. The molecule has 1 unspecified atom stereocenters. The molecule has 0 saturated carbocycles. The summed E-state index contributed by atoms with van der Waals surface area (Å²) in [6, 6.07) is 5.25. The second-order valence-electron chi connectivity index (χ2n) is 5.48.